The molecule has 29 heavy (non-hydrogen) atoms. The minimum atomic E-state index is -3.58. The van der Waals surface area contributed by atoms with Crippen molar-refractivity contribution in [3.8, 4) is 11.1 Å². The zero-order valence-corrected chi connectivity index (χ0v) is 17.6. The van der Waals surface area contributed by atoms with Crippen LogP contribution in [0.5, 0.6) is 0 Å². The monoisotopic (exact) mass is 411 g/mol. The van der Waals surface area contributed by atoms with E-state index in [1.54, 1.807) is 12.1 Å². The molecule has 0 spiro atoms. The van der Waals surface area contributed by atoms with E-state index in [4.69, 9.17) is 0 Å². The Morgan fingerprint density at radius 1 is 0.897 bits per heavy atom. The van der Waals surface area contributed by atoms with Gasteiger partial charge in [-0.3, -0.25) is 0 Å². The van der Waals surface area contributed by atoms with Crippen molar-refractivity contribution in [1.29, 1.82) is 0 Å². The standard InChI is InChI=1S/C21H25N5O2S/c1-16-15-20(26(2)3)25-21(24-16)22-13-14-23-29(27,28)19-11-9-18(10-12-19)17-7-5-4-6-8-17/h4-12,15,23H,13-14H2,1-3H3,(H,22,24,25). The van der Waals surface area contributed by atoms with Gasteiger partial charge in [-0.05, 0) is 30.2 Å². The molecule has 0 saturated carbocycles. The predicted octanol–water partition coefficient (Wildman–Crippen LogP) is 2.91. The van der Waals surface area contributed by atoms with Crippen LogP contribution in [0.4, 0.5) is 11.8 Å². The van der Waals surface area contributed by atoms with Gasteiger partial charge < -0.3 is 10.2 Å². The summed E-state index contributed by atoms with van der Waals surface area (Å²) in [6.45, 7) is 2.48. The molecule has 0 radical (unpaired) electrons. The van der Waals surface area contributed by atoms with Gasteiger partial charge in [0.1, 0.15) is 5.82 Å². The van der Waals surface area contributed by atoms with Crippen LogP contribution in [0.1, 0.15) is 5.69 Å². The van der Waals surface area contributed by atoms with Crippen LogP contribution in [0.25, 0.3) is 11.1 Å². The average molecular weight is 412 g/mol. The summed E-state index contributed by atoms with van der Waals surface area (Å²) in [4.78, 5) is 10.8. The van der Waals surface area contributed by atoms with Gasteiger partial charge in [-0.25, -0.2) is 18.1 Å². The molecule has 0 aliphatic rings. The Labute approximate surface area is 171 Å². The zero-order chi connectivity index (χ0) is 20.9. The summed E-state index contributed by atoms with van der Waals surface area (Å²) in [5.74, 6) is 1.26. The first-order valence-corrected chi connectivity index (χ1v) is 10.8. The number of sulfonamides is 1. The summed E-state index contributed by atoms with van der Waals surface area (Å²) < 4.78 is 27.6. The van der Waals surface area contributed by atoms with E-state index in [1.165, 1.54) is 0 Å². The summed E-state index contributed by atoms with van der Waals surface area (Å²) in [5, 5.41) is 3.06. The predicted molar refractivity (Wildman–Crippen MR) is 117 cm³/mol. The minimum absolute atomic E-state index is 0.220. The number of rotatable bonds is 8. The molecule has 8 heteroatoms. The average Bonchev–Trinajstić information content (AvgIpc) is 2.71. The van der Waals surface area contributed by atoms with Gasteiger partial charge in [0.25, 0.3) is 0 Å². The number of nitrogens with zero attached hydrogens (tertiary/aromatic N) is 3. The van der Waals surface area contributed by atoms with Crippen LogP contribution in [0.2, 0.25) is 0 Å². The van der Waals surface area contributed by atoms with Crippen molar-refractivity contribution in [2.45, 2.75) is 11.8 Å². The topological polar surface area (TPSA) is 87.2 Å². The molecule has 2 aromatic carbocycles. The second kappa shape index (κ2) is 9.02. The number of nitrogens with one attached hydrogen (secondary N) is 2. The van der Waals surface area contributed by atoms with E-state index in [2.05, 4.69) is 20.0 Å². The number of aromatic nitrogens is 2. The Kier molecular flexibility index (Phi) is 6.46. The molecule has 3 aromatic rings. The lowest BCUT2D eigenvalue weighted by atomic mass is 10.1. The Balaban J connectivity index is 1.58. The van der Waals surface area contributed by atoms with E-state index in [1.807, 2.05) is 74.4 Å². The lowest BCUT2D eigenvalue weighted by molar-refractivity contribution is 0.583. The molecule has 0 unspecified atom stereocenters. The number of anilines is 2. The highest BCUT2D eigenvalue weighted by Gasteiger charge is 2.13. The SMILES string of the molecule is Cc1cc(N(C)C)nc(NCCNS(=O)(=O)c2ccc(-c3ccccc3)cc2)n1. The Morgan fingerprint density at radius 2 is 1.55 bits per heavy atom. The fraction of sp³-hybridized carbons (Fsp3) is 0.238. The molecule has 152 valence electrons. The first-order valence-electron chi connectivity index (χ1n) is 9.27. The summed E-state index contributed by atoms with van der Waals surface area (Å²) >= 11 is 0. The van der Waals surface area contributed by atoms with Crippen LogP contribution in [0.3, 0.4) is 0 Å². The Bertz CT molecular complexity index is 1050. The maximum absolute atomic E-state index is 12.5. The van der Waals surface area contributed by atoms with E-state index in [0.29, 0.717) is 12.5 Å². The molecule has 0 atom stereocenters. The molecule has 0 aliphatic carbocycles. The first kappa shape index (κ1) is 20.8. The highest BCUT2D eigenvalue weighted by Crippen LogP contribution is 2.20. The Hall–Kier alpha value is -2.97. The van der Waals surface area contributed by atoms with Gasteiger partial charge in [0.15, 0.2) is 0 Å². The van der Waals surface area contributed by atoms with Crippen molar-refractivity contribution >= 4 is 21.8 Å². The summed E-state index contributed by atoms with van der Waals surface area (Å²) in [6.07, 6.45) is 0. The van der Waals surface area contributed by atoms with Crippen LogP contribution >= 0.6 is 0 Å². The van der Waals surface area contributed by atoms with E-state index in [-0.39, 0.29) is 11.4 Å². The van der Waals surface area contributed by atoms with Crippen molar-refractivity contribution in [3.05, 3.63) is 66.4 Å². The molecule has 0 aliphatic heterocycles. The quantitative estimate of drug-likeness (QED) is 0.554. The molecule has 0 bridgehead atoms. The van der Waals surface area contributed by atoms with E-state index in [9.17, 15) is 8.42 Å². The van der Waals surface area contributed by atoms with Gasteiger partial charge in [-0.1, -0.05) is 42.5 Å². The van der Waals surface area contributed by atoms with Gasteiger partial charge in [-0.15, -0.1) is 0 Å². The summed E-state index contributed by atoms with van der Waals surface area (Å²) in [7, 11) is 0.229. The third-order valence-electron chi connectivity index (χ3n) is 4.27. The van der Waals surface area contributed by atoms with Crippen LogP contribution in [0, 0.1) is 6.92 Å². The number of aryl methyl sites for hydroxylation is 1. The first-order chi connectivity index (χ1) is 13.8. The highest BCUT2D eigenvalue weighted by atomic mass is 32.2. The lowest BCUT2D eigenvalue weighted by Crippen LogP contribution is -2.29. The van der Waals surface area contributed by atoms with Crippen molar-refractivity contribution in [2.24, 2.45) is 0 Å². The van der Waals surface area contributed by atoms with Crippen LogP contribution < -0.4 is 14.9 Å². The van der Waals surface area contributed by atoms with Crippen LogP contribution in [0.15, 0.2) is 65.6 Å². The largest absolute Gasteiger partial charge is 0.363 e. The summed E-state index contributed by atoms with van der Waals surface area (Å²) in [6, 6.07) is 18.6. The van der Waals surface area contributed by atoms with Crippen molar-refractivity contribution in [1.82, 2.24) is 14.7 Å². The van der Waals surface area contributed by atoms with Crippen molar-refractivity contribution in [2.75, 3.05) is 37.4 Å². The molecule has 7 nitrogen and oxygen atoms in total. The number of hydrogen-bond donors (Lipinski definition) is 2. The van der Waals surface area contributed by atoms with Crippen molar-refractivity contribution < 1.29 is 8.42 Å². The molecule has 2 N–H and O–H groups in total. The van der Waals surface area contributed by atoms with Gasteiger partial charge in [0.2, 0.25) is 16.0 Å². The number of hydrogen-bond acceptors (Lipinski definition) is 6. The lowest BCUT2D eigenvalue weighted by Gasteiger charge is -2.14. The van der Waals surface area contributed by atoms with Crippen molar-refractivity contribution in [3.63, 3.8) is 0 Å². The van der Waals surface area contributed by atoms with E-state index in [0.717, 1.165) is 22.6 Å². The second-order valence-electron chi connectivity index (χ2n) is 6.80. The third-order valence-corrected chi connectivity index (χ3v) is 5.75. The second-order valence-corrected chi connectivity index (χ2v) is 8.57. The molecular weight excluding hydrogens is 386 g/mol. The summed E-state index contributed by atoms with van der Waals surface area (Å²) in [5.41, 5.74) is 2.86. The van der Waals surface area contributed by atoms with Crippen LogP contribution in [-0.4, -0.2) is 45.6 Å². The molecule has 3 rings (SSSR count). The fourth-order valence-electron chi connectivity index (χ4n) is 2.76. The van der Waals surface area contributed by atoms with Gasteiger partial charge in [0.05, 0.1) is 4.90 Å². The molecule has 1 aromatic heterocycles. The third kappa shape index (κ3) is 5.52. The molecule has 0 saturated heterocycles. The smallest absolute Gasteiger partial charge is 0.240 e. The van der Waals surface area contributed by atoms with Gasteiger partial charge >= 0.3 is 0 Å². The normalized spacial score (nSPS) is 11.3. The number of benzene rings is 2. The minimum Gasteiger partial charge on any atom is -0.363 e. The maximum Gasteiger partial charge on any atom is 0.240 e. The molecular formula is C21H25N5O2S. The Morgan fingerprint density at radius 3 is 2.21 bits per heavy atom. The zero-order valence-electron chi connectivity index (χ0n) is 16.8. The molecule has 0 fully saturated rings. The van der Waals surface area contributed by atoms with E-state index < -0.39 is 10.0 Å². The highest BCUT2D eigenvalue weighted by molar-refractivity contribution is 7.89. The molecule has 0 amide bonds. The van der Waals surface area contributed by atoms with Crippen LogP contribution in [-0.2, 0) is 10.0 Å². The molecule has 1 heterocycles. The van der Waals surface area contributed by atoms with Gasteiger partial charge in [-0.2, -0.15) is 4.98 Å². The van der Waals surface area contributed by atoms with E-state index >= 15 is 0 Å². The maximum atomic E-state index is 12.5. The van der Waals surface area contributed by atoms with Gasteiger partial charge in [0, 0.05) is 38.9 Å². The fourth-order valence-corrected chi connectivity index (χ4v) is 3.79.